The minimum Gasteiger partial charge on any atom is -0.385 e. The van der Waals surface area contributed by atoms with Gasteiger partial charge in [-0.15, -0.1) is 0 Å². The fourth-order valence-corrected chi connectivity index (χ4v) is 1.94. The summed E-state index contributed by atoms with van der Waals surface area (Å²) >= 11 is 5.81. The zero-order chi connectivity index (χ0) is 13.5. The molecule has 19 heavy (non-hydrogen) atoms. The van der Waals surface area contributed by atoms with Crippen LogP contribution in [0.1, 0.15) is 23.2 Å². The van der Waals surface area contributed by atoms with Crippen LogP contribution in [0.2, 0.25) is 5.02 Å². The van der Waals surface area contributed by atoms with E-state index >= 15 is 0 Å². The van der Waals surface area contributed by atoms with Crippen molar-refractivity contribution >= 4 is 23.1 Å². The van der Waals surface area contributed by atoms with E-state index in [4.69, 9.17) is 11.6 Å². The molecule has 0 amide bonds. The Labute approximate surface area is 118 Å². The molecule has 0 unspecified atom stereocenters. The van der Waals surface area contributed by atoms with Crippen molar-refractivity contribution in [2.75, 3.05) is 11.9 Å². The van der Waals surface area contributed by atoms with Gasteiger partial charge in [0.25, 0.3) is 0 Å². The Bertz CT molecular complexity index is 522. The lowest BCUT2D eigenvalue weighted by Gasteiger charge is -2.06. The molecule has 0 aliphatic heterocycles. The number of nitrogens with one attached hydrogen (secondary N) is 1. The molecule has 2 nitrogen and oxygen atoms in total. The standard InChI is InChI=1S/C16H16ClNO/c17-14-8-10-15(11-9-14)18-12-4-7-16(19)13-5-2-1-3-6-13/h1-3,5-6,8-11,18H,4,7,12H2. The SMILES string of the molecule is O=C(CCCNc1ccc(Cl)cc1)c1ccccc1. The van der Waals surface area contributed by atoms with Crippen LogP contribution in [-0.2, 0) is 0 Å². The maximum absolute atomic E-state index is 11.9. The topological polar surface area (TPSA) is 29.1 Å². The summed E-state index contributed by atoms with van der Waals surface area (Å²) in [7, 11) is 0. The average Bonchev–Trinajstić information content (AvgIpc) is 2.46. The van der Waals surface area contributed by atoms with Gasteiger partial charge in [0.1, 0.15) is 0 Å². The highest BCUT2D eigenvalue weighted by molar-refractivity contribution is 6.30. The van der Waals surface area contributed by atoms with Crippen LogP contribution in [0.25, 0.3) is 0 Å². The van der Waals surface area contributed by atoms with Crippen LogP contribution >= 0.6 is 11.6 Å². The van der Waals surface area contributed by atoms with Gasteiger partial charge in [0.15, 0.2) is 5.78 Å². The van der Waals surface area contributed by atoms with Crippen LogP contribution in [0.15, 0.2) is 54.6 Å². The molecular formula is C16H16ClNO. The van der Waals surface area contributed by atoms with Gasteiger partial charge in [0.05, 0.1) is 0 Å². The number of hydrogen-bond acceptors (Lipinski definition) is 2. The number of benzene rings is 2. The Morgan fingerprint density at radius 2 is 1.68 bits per heavy atom. The molecule has 2 rings (SSSR count). The molecule has 1 N–H and O–H groups in total. The molecule has 2 aromatic rings. The van der Waals surface area contributed by atoms with Crippen molar-refractivity contribution in [2.45, 2.75) is 12.8 Å². The van der Waals surface area contributed by atoms with Crippen molar-refractivity contribution in [3.05, 3.63) is 65.2 Å². The van der Waals surface area contributed by atoms with E-state index in [1.165, 1.54) is 0 Å². The number of rotatable bonds is 6. The Morgan fingerprint density at radius 3 is 2.37 bits per heavy atom. The van der Waals surface area contributed by atoms with E-state index in [-0.39, 0.29) is 5.78 Å². The van der Waals surface area contributed by atoms with Gasteiger partial charge in [-0.3, -0.25) is 4.79 Å². The van der Waals surface area contributed by atoms with Gasteiger partial charge in [-0.25, -0.2) is 0 Å². The van der Waals surface area contributed by atoms with Crippen molar-refractivity contribution in [3.8, 4) is 0 Å². The molecule has 98 valence electrons. The molecule has 0 saturated heterocycles. The Balaban J connectivity index is 1.72. The van der Waals surface area contributed by atoms with Crippen molar-refractivity contribution < 1.29 is 4.79 Å². The molecule has 0 atom stereocenters. The second-order valence-corrected chi connectivity index (χ2v) is 4.76. The molecule has 0 bridgehead atoms. The van der Waals surface area contributed by atoms with Crippen molar-refractivity contribution in [1.82, 2.24) is 0 Å². The van der Waals surface area contributed by atoms with Gasteiger partial charge in [-0.05, 0) is 30.7 Å². The zero-order valence-corrected chi connectivity index (χ0v) is 11.4. The van der Waals surface area contributed by atoms with E-state index < -0.39 is 0 Å². The number of anilines is 1. The lowest BCUT2D eigenvalue weighted by molar-refractivity contribution is 0.0981. The summed E-state index contributed by atoms with van der Waals surface area (Å²) in [6.45, 7) is 0.778. The smallest absolute Gasteiger partial charge is 0.162 e. The highest BCUT2D eigenvalue weighted by Gasteiger charge is 2.03. The molecule has 0 radical (unpaired) electrons. The summed E-state index contributed by atoms with van der Waals surface area (Å²) in [6, 6.07) is 17.0. The van der Waals surface area contributed by atoms with E-state index in [1.807, 2.05) is 54.6 Å². The van der Waals surface area contributed by atoms with Crippen LogP contribution < -0.4 is 5.32 Å². The molecule has 0 aliphatic carbocycles. The first kappa shape index (κ1) is 13.6. The van der Waals surface area contributed by atoms with E-state index in [9.17, 15) is 4.79 Å². The summed E-state index contributed by atoms with van der Waals surface area (Å²) in [5.41, 5.74) is 1.81. The van der Waals surface area contributed by atoms with E-state index in [0.29, 0.717) is 6.42 Å². The monoisotopic (exact) mass is 273 g/mol. The molecule has 3 heteroatoms. The fraction of sp³-hybridized carbons (Fsp3) is 0.188. The first-order chi connectivity index (χ1) is 9.25. The third-order valence-electron chi connectivity index (χ3n) is 2.85. The molecular weight excluding hydrogens is 258 g/mol. The number of carbonyl (C=O) groups excluding carboxylic acids is 1. The number of halogens is 1. The maximum atomic E-state index is 11.9. The first-order valence-corrected chi connectivity index (χ1v) is 6.71. The van der Waals surface area contributed by atoms with Crippen LogP contribution in [0.5, 0.6) is 0 Å². The first-order valence-electron chi connectivity index (χ1n) is 6.33. The van der Waals surface area contributed by atoms with E-state index in [0.717, 1.165) is 29.2 Å². The zero-order valence-electron chi connectivity index (χ0n) is 10.6. The van der Waals surface area contributed by atoms with Crippen LogP contribution in [0.3, 0.4) is 0 Å². The van der Waals surface area contributed by atoms with Crippen LogP contribution in [0, 0.1) is 0 Å². The van der Waals surface area contributed by atoms with Gasteiger partial charge >= 0.3 is 0 Å². The van der Waals surface area contributed by atoms with E-state index in [1.54, 1.807) is 0 Å². The van der Waals surface area contributed by atoms with E-state index in [2.05, 4.69) is 5.32 Å². The fourth-order valence-electron chi connectivity index (χ4n) is 1.82. The quantitative estimate of drug-likeness (QED) is 0.624. The number of hydrogen-bond donors (Lipinski definition) is 1. The third kappa shape index (κ3) is 4.42. The largest absolute Gasteiger partial charge is 0.385 e. The number of ketones is 1. The summed E-state index contributed by atoms with van der Waals surface area (Å²) in [6.07, 6.45) is 1.38. The summed E-state index contributed by atoms with van der Waals surface area (Å²) in [4.78, 5) is 11.9. The predicted molar refractivity (Wildman–Crippen MR) is 79.9 cm³/mol. The summed E-state index contributed by atoms with van der Waals surface area (Å²) < 4.78 is 0. The van der Waals surface area contributed by atoms with Crippen molar-refractivity contribution in [3.63, 3.8) is 0 Å². The van der Waals surface area contributed by atoms with Crippen LogP contribution in [0.4, 0.5) is 5.69 Å². The maximum Gasteiger partial charge on any atom is 0.162 e. The second kappa shape index (κ2) is 6.95. The van der Waals surface area contributed by atoms with Gasteiger partial charge in [0.2, 0.25) is 0 Å². The Kier molecular flexibility index (Phi) is 4.99. The highest BCUT2D eigenvalue weighted by atomic mass is 35.5. The number of Topliss-reactive ketones (excluding diaryl/α,β-unsaturated/α-hetero) is 1. The molecule has 0 fully saturated rings. The number of carbonyl (C=O) groups is 1. The highest BCUT2D eigenvalue weighted by Crippen LogP contribution is 2.13. The van der Waals surface area contributed by atoms with Crippen LogP contribution in [-0.4, -0.2) is 12.3 Å². The normalized spacial score (nSPS) is 10.2. The van der Waals surface area contributed by atoms with Crippen molar-refractivity contribution in [1.29, 1.82) is 0 Å². The van der Waals surface area contributed by atoms with Gasteiger partial charge in [-0.1, -0.05) is 41.9 Å². The predicted octanol–water partition coefficient (Wildman–Crippen LogP) is 4.42. The average molecular weight is 274 g/mol. The molecule has 0 heterocycles. The minimum absolute atomic E-state index is 0.193. The second-order valence-electron chi connectivity index (χ2n) is 4.33. The molecule has 0 aliphatic rings. The summed E-state index contributed by atoms with van der Waals surface area (Å²) in [5.74, 6) is 0.193. The third-order valence-corrected chi connectivity index (χ3v) is 3.10. The lowest BCUT2D eigenvalue weighted by Crippen LogP contribution is -2.05. The van der Waals surface area contributed by atoms with Gasteiger partial charge < -0.3 is 5.32 Å². The Morgan fingerprint density at radius 1 is 1.00 bits per heavy atom. The van der Waals surface area contributed by atoms with Gasteiger partial charge in [-0.2, -0.15) is 0 Å². The molecule has 0 aromatic heterocycles. The van der Waals surface area contributed by atoms with Gasteiger partial charge in [0, 0.05) is 29.2 Å². The molecule has 2 aromatic carbocycles. The molecule has 0 spiro atoms. The lowest BCUT2D eigenvalue weighted by atomic mass is 10.1. The summed E-state index contributed by atoms with van der Waals surface area (Å²) in [5, 5.41) is 3.99. The molecule has 0 saturated carbocycles. The Hall–Kier alpha value is -1.80. The van der Waals surface area contributed by atoms with Crippen molar-refractivity contribution in [2.24, 2.45) is 0 Å². The minimum atomic E-state index is 0.193.